The van der Waals surface area contributed by atoms with Crippen molar-refractivity contribution in [1.82, 2.24) is 15.0 Å². The predicted molar refractivity (Wildman–Crippen MR) is 87.7 cm³/mol. The second kappa shape index (κ2) is 6.24. The highest BCUT2D eigenvalue weighted by atomic mass is 32.1. The molecule has 1 aliphatic heterocycles. The highest BCUT2D eigenvalue weighted by Crippen LogP contribution is 2.31. The number of hydrogen-bond acceptors (Lipinski definition) is 5. The van der Waals surface area contributed by atoms with Gasteiger partial charge in [0.25, 0.3) is 5.91 Å². The maximum atomic E-state index is 12.6. The number of carbonyl (C=O) groups excluding carboxylic acids is 1. The predicted octanol–water partition coefficient (Wildman–Crippen LogP) is 4.06. The van der Waals surface area contributed by atoms with Crippen molar-refractivity contribution in [3.63, 3.8) is 0 Å². The Kier molecular flexibility index (Phi) is 4.03. The SMILES string of the molecule is O=C(c1ccc(C(F)(F)F)cc1)N1CC(c2nc(-c3ccsc3)no2)C1. The third-order valence-corrected chi connectivity index (χ3v) is 4.88. The largest absolute Gasteiger partial charge is 0.416 e. The lowest BCUT2D eigenvalue weighted by Gasteiger charge is -2.37. The smallest absolute Gasteiger partial charge is 0.339 e. The molecule has 1 amide bonds. The molecule has 0 bridgehead atoms. The molecule has 0 saturated carbocycles. The van der Waals surface area contributed by atoms with Gasteiger partial charge in [-0.05, 0) is 35.7 Å². The minimum Gasteiger partial charge on any atom is -0.339 e. The fraction of sp³-hybridized carbons (Fsp3) is 0.235. The molecular formula is C17H12F3N3O2S. The molecule has 1 aliphatic rings. The molecule has 26 heavy (non-hydrogen) atoms. The van der Waals surface area contributed by atoms with Gasteiger partial charge >= 0.3 is 6.18 Å². The summed E-state index contributed by atoms with van der Waals surface area (Å²) in [6.07, 6.45) is -4.42. The van der Waals surface area contributed by atoms with Crippen LogP contribution < -0.4 is 0 Å². The number of halogens is 3. The van der Waals surface area contributed by atoms with E-state index in [1.165, 1.54) is 23.5 Å². The molecule has 1 fully saturated rings. The summed E-state index contributed by atoms with van der Waals surface area (Å²) in [5.41, 5.74) is 0.324. The Morgan fingerprint density at radius 3 is 2.54 bits per heavy atom. The summed E-state index contributed by atoms with van der Waals surface area (Å²) >= 11 is 1.53. The lowest BCUT2D eigenvalue weighted by molar-refractivity contribution is -0.137. The van der Waals surface area contributed by atoms with E-state index in [0.717, 1.165) is 17.7 Å². The van der Waals surface area contributed by atoms with Crippen molar-refractivity contribution in [3.05, 3.63) is 58.1 Å². The van der Waals surface area contributed by atoms with Crippen molar-refractivity contribution in [2.45, 2.75) is 12.1 Å². The summed E-state index contributed by atoms with van der Waals surface area (Å²) in [4.78, 5) is 18.2. The van der Waals surface area contributed by atoms with Crippen molar-refractivity contribution in [2.75, 3.05) is 13.1 Å². The van der Waals surface area contributed by atoms with Gasteiger partial charge in [-0.3, -0.25) is 4.79 Å². The molecule has 9 heteroatoms. The number of hydrogen-bond donors (Lipinski definition) is 0. The Bertz CT molecular complexity index is 914. The lowest BCUT2D eigenvalue weighted by atomic mass is 9.98. The zero-order valence-corrected chi connectivity index (χ0v) is 14.0. The molecule has 0 spiro atoms. The highest BCUT2D eigenvalue weighted by molar-refractivity contribution is 7.08. The van der Waals surface area contributed by atoms with E-state index in [4.69, 9.17) is 4.52 Å². The Morgan fingerprint density at radius 2 is 1.92 bits per heavy atom. The first kappa shape index (κ1) is 16.8. The lowest BCUT2D eigenvalue weighted by Crippen LogP contribution is -2.48. The van der Waals surface area contributed by atoms with E-state index in [1.54, 1.807) is 4.90 Å². The third-order valence-electron chi connectivity index (χ3n) is 4.20. The molecule has 0 aliphatic carbocycles. The van der Waals surface area contributed by atoms with Crippen molar-refractivity contribution >= 4 is 17.2 Å². The van der Waals surface area contributed by atoms with Crippen LogP contribution in [0.25, 0.3) is 11.4 Å². The van der Waals surface area contributed by atoms with Crippen LogP contribution in [0.2, 0.25) is 0 Å². The van der Waals surface area contributed by atoms with Gasteiger partial charge in [0.2, 0.25) is 11.7 Å². The molecule has 3 aromatic rings. The molecule has 1 saturated heterocycles. The van der Waals surface area contributed by atoms with Crippen LogP contribution in [0.3, 0.4) is 0 Å². The molecule has 4 rings (SSSR count). The average molecular weight is 379 g/mol. The van der Waals surface area contributed by atoms with Crippen molar-refractivity contribution in [2.24, 2.45) is 0 Å². The summed E-state index contributed by atoms with van der Waals surface area (Å²) in [5.74, 6) is 0.595. The topological polar surface area (TPSA) is 59.2 Å². The van der Waals surface area contributed by atoms with Gasteiger partial charge in [0.15, 0.2) is 0 Å². The molecule has 134 valence electrons. The van der Waals surface area contributed by atoms with E-state index in [-0.39, 0.29) is 17.4 Å². The number of amides is 1. The molecule has 1 aromatic carbocycles. The summed E-state index contributed by atoms with van der Waals surface area (Å²) in [6, 6.07) is 6.10. The fourth-order valence-electron chi connectivity index (χ4n) is 2.69. The van der Waals surface area contributed by atoms with Gasteiger partial charge in [-0.15, -0.1) is 0 Å². The summed E-state index contributed by atoms with van der Waals surface area (Å²) < 4.78 is 43.0. The fourth-order valence-corrected chi connectivity index (χ4v) is 3.33. The molecule has 3 heterocycles. The second-order valence-corrected chi connectivity index (χ2v) is 6.73. The Hall–Kier alpha value is -2.68. The van der Waals surface area contributed by atoms with Crippen LogP contribution in [0.5, 0.6) is 0 Å². The Labute approximate surface area is 150 Å². The minimum absolute atomic E-state index is 0.0618. The number of aromatic nitrogens is 2. The standard InChI is InChI=1S/C17H12F3N3O2S/c18-17(19,20)13-3-1-10(2-4-13)16(24)23-7-12(8-23)15-21-14(22-25-15)11-5-6-26-9-11/h1-6,9,12H,7-8H2. The zero-order chi connectivity index (χ0) is 18.3. The molecule has 0 radical (unpaired) electrons. The number of carbonyl (C=O) groups is 1. The van der Waals surface area contributed by atoms with Crippen LogP contribution in [-0.2, 0) is 6.18 Å². The van der Waals surface area contributed by atoms with Crippen LogP contribution in [0, 0.1) is 0 Å². The number of benzene rings is 1. The molecular weight excluding hydrogens is 367 g/mol. The number of likely N-dealkylation sites (tertiary alicyclic amines) is 1. The maximum Gasteiger partial charge on any atom is 0.416 e. The molecule has 0 atom stereocenters. The first-order valence-electron chi connectivity index (χ1n) is 7.74. The Morgan fingerprint density at radius 1 is 1.19 bits per heavy atom. The monoisotopic (exact) mass is 379 g/mol. The van der Waals surface area contributed by atoms with Crippen molar-refractivity contribution in [1.29, 1.82) is 0 Å². The molecule has 5 nitrogen and oxygen atoms in total. The van der Waals surface area contributed by atoms with Crippen molar-refractivity contribution < 1.29 is 22.5 Å². The third kappa shape index (κ3) is 3.10. The number of rotatable bonds is 3. The van der Waals surface area contributed by atoms with E-state index < -0.39 is 11.7 Å². The molecule has 0 unspecified atom stereocenters. The molecule has 0 N–H and O–H groups in total. The van der Waals surface area contributed by atoms with Crippen molar-refractivity contribution in [3.8, 4) is 11.4 Å². The summed E-state index contributed by atoms with van der Waals surface area (Å²) in [7, 11) is 0. The first-order valence-corrected chi connectivity index (χ1v) is 8.69. The van der Waals surface area contributed by atoms with Crippen LogP contribution in [0.1, 0.15) is 27.7 Å². The van der Waals surface area contributed by atoms with E-state index >= 15 is 0 Å². The average Bonchev–Trinajstić information content (AvgIpc) is 3.24. The van der Waals surface area contributed by atoms with E-state index in [1.807, 2.05) is 16.8 Å². The normalized spacial score (nSPS) is 15.1. The van der Waals surface area contributed by atoms with Crippen LogP contribution in [-0.4, -0.2) is 34.0 Å². The maximum absolute atomic E-state index is 12.6. The zero-order valence-electron chi connectivity index (χ0n) is 13.2. The van der Waals surface area contributed by atoms with Gasteiger partial charge in [-0.1, -0.05) is 5.16 Å². The van der Waals surface area contributed by atoms with E-state index in [0.29, 0.717) is 24.8 Å². The Balaban J connectivity index is 1.39. The van der Waals surface area contributed by atoms with Gasteiger partial charge < -0.3 is 9.42 Å². The highest BCUT2D eigenvalue weighted by Gasteiger charge is 2.36. The summed E-state index contributed by atoms with van der Waals surface area (Å²) in [6.45, 7) is 0.788. The van der Waals surface area contributed by atoms with Crippen LogP contribution in [0.15, 0.2) is 45.6 Å². The van der Waals surface area contributed by atoms with Gasteiger partial charge in [-0.25, -0.2) is 0 Å². The van der Waals surface area contributed by atoms with Gasteiger partial charge in [-0.2, -0.15) is 29.5 Å². The first-order chi connectivity index (χ1) is 12.4. The van der Waals surface area contributed by atoms with Crippen LogP contribution >= 0.6 is 11.3 Å². The second-order valence-electron chi connectivity index (χ2n) is 5.95. The quantitative estimate of drug-likeness (QED) is 0.689. The van der Waals surface area contributed by atoms with E-state index in [9.17, 15) is 18.0 Å². The number of thiophene rings is 1. The number of nitrogens with zero attached hydrogens (tertiary/aromatic N) is 3. The van der Waals surface area contributed by atoms with Crippen LogP contribution in [0.4, 0.5) is 13.2 Å². The number of alkyl halides is 3. The van der Waals surface area contributed by atoms with Gasteiger partial charge in [0.05, 0.1) is 11.5 Å². The van der Waals surface area contributed by atoms with E-state index in [2.05, 4.69) is 10.1 Å². The van der Waals surface area contributed by atoms with Gasteiger partial charge in [0.1, 0.15) is 0 Å². The molecule has 2 aromatic heterocycles. The minimum atomic E-state index is -4.42. The summed E-state index contributed by atoms with van der Waals surface area (Å²) in [5, 5.41) is 7.76. The van der Waals surface area contributed by atoms with Gasteiger partial charge in [0, 0.05) is 29.6 Å².